The molecule has 0 radical (unpaired) electrons. The maximum Gasteiger partial charge on any atom is 0.0786 e. The van der Waals surface area contributed by atoms with Crippen LogP contribution in [0.4, 0.5) is 0 Å². The Kier molecular flexibility index (Phi) is 4.61. The summed E-state index contributed by atoms with van der Waals surface area (Å²) >= 11 is 0. The Balaban J connectivity index is 3.22. The van der Waals surface area contributed by atoms with Gasteiger partial charge >= 0.3 is 0 Å². The van der Waals surface area contributed by atoms with Crippen molar-refractivity contribution in [1.82, 2.24) is 0 Å². The molecule has 0 heterocycles. The number of hydrogen-bond donors (Lipinski definition) is 1. The zero-order valence-electron chi connectivity index (χ0n) is 12.4. The molecule has 1 nitrogen and oxygen atoms in total. The lowest BCUT2D eigenvalue weighted by molar-refractivity contribution is -0.0659. The molecule has 18 heavy (non-hydrogen) atoms. The average molecular weight is 248 g/mol. The summed E-state index contributed by atoms with van der Waals surface area (Å²) in [6.07, 6.45) is 8.28. The smallest absolute Gasteiger partial charge is 0.0786 e. The number of aliphatic hydroxyl groups is 1. The fourth-order valence-electron chi connectivity index (χ4n) is 3.59. The largest absolute Gasteiger partial charge is 0.389 e. The third-order valence-electron chi connectivity index (χ3n) is 4.80. The summed E-state index contributed by atoms with van der Waals surface area (Å²) in [6.45, 7) is 16.6. The van der Waals surface area contributed by atoms with Gasteiger partial charge in [-0.2, -0.15) is 0 Å². The van der Waals surface area contributed by atoms with Gasteiger partial charge in [-0.3, -0.25) is 0 Å². The number of rotatable bonds is 5. The Morgan fingerprint density at radius 1 is 1.39 bits per heavy atom. The third kappa shape index (κ3) is 2.61. The van der Waals surface area contributed by atoms with Crippen LogP contribution in [0.3, 0.4) is 0 Å². The monoisotopic (exact) mass is 248 g/mol. The summed E-state index contributed by atoms with van der Waals surface area (Å²) in [4.78, 5) is 0. The van der Waals surface area contributed by atoms with Crippen molar-refractivity contribution >= 4 is 0 Å². The zero-order valence-corrected chi connectivity index (χ0v) is 12.4. The van der Waals surface area contributed by atoms with E-state index in [2.05, 4.69) is 46.9 Å². The average Bonchev–Trinajstić information content (AvgIpc) is 2.24. The molecule has 2 atom stereocenters. The van der Waals surface area contributed by atoms with Gasteiger partial charge in [0.1, 0.15) is 0 Å². The molecule has 0 bridgehead atoms. The summed E-state index contributed by atoms with van der Waals surface area (Å²) in [7, 11) is 0. The van der Waals surface area contributed by atoms with E-state index < -0.39 is 5.60 Å². The molecule has 1 aliphatic rings. The van der Waals surface area contributed by atoms with Gasteiger partial charge in [0.15, 0.2) is 0 Å². The van der Waals surface area contributed by atoms with E-state index in [1.807, 2.05) is 12.2 Å². The molecule has 0 saturated heterocycles. The van der Waals surface area contributed by atoms with Crippen LogP contribution in [-0.2, 0) is 0 Å². The van der Waals surface area contributed by atoms with E-state index in [4.69, 9.17) is 0 Å². The van der Waals surface area contributed by atoms with Crippen molar-refractivity contribution in [3.63, 3.8) is 0 Å². The van der Waals surface area contributed by atoms with Crippen molar-refractivity contribution in [3.8, 4) is 0 Å². The van der Waals surface area contributed by atoms with Crippen molar-refractivity contribution in [1.29, 1.82) is 0 Å². The predicted octanol–water partition coefficient (Wildman–Crippen LogP) is 4.50. The van der Waals surface area contributed by atoms with Crippen molar-refractivity contribution in [2.24, 2.45) is 17.3 Å². The molecule has 0 spiro atoms. The van der Waals surface area contributed by atoms with Crippen molar-refractivity contribution in [2.75, 3.05) is 0 Å². The van der Waals surface area contributed by atoms with E-state index >= 15 is 0 Å². The zero-order chi connectivity index (χ0) is 14.0. The maximum absolute atomic E-state index is 11.1. The second kappa shape index (κ2) is 5.44. The van der Waals surface area contributed by atoms with Gasteiger partial charge in [0.25, 0.3) is 0 Å². The van der Waals surface area contributed by atoms with Crippen LogP contribution in [0, 0.1) is 17.3 Å². The Hall–Kier alpha value is -0.820. The molecule has 1 heteroatoms. The molecule has 0 amide bonds. The SMILES string of the molecule is C=CCC(O)(CC=C)C1C(C)=CCC(C)C1(C)C. The molecular formula is C17H28O. The third-order valence-corrected chi connectivity index (χ3v) is 4.80. The molecule has 0 aromatic rings. The predicted molar refractivity (Wildman–Crippen MR) is 79.4 cm³/mol. The molecule has 1 rings (SSSR count). The first-order chi connectivity index (χ1) is 8.29. The standard InChI is InChI=1S/C17H28O/c1-7-11-17(18,12-8-2)15-13(3)9-10-14(4)16(15,5)6/h7-9,14-15,18H,1-2,10-12H2,3-6H3. The molecule has 0 aromatic heterocycles. The van der Waals surface area contributed by atoms with E-state index in [0.29, 0.717) is 18.8 Å². The van der Waals surface area contributed by atoms with Crippen LogP contribution in [0.1, 0.15) is 47.0 Å². The topological polar surface area (TPSA) is 20.2 Å². The fourth-order valence-corrected chi connectivity index (χ4v) is 3.59. The molecule has 0 aromatic carbocycles. The lowest BCUT2D eigenvalue weighted by Crippen LogP contribution is -2.49. The quantitative estimate of drug-likeness (QED) is 0.710. The fraction of sp³-hybridized carbons (Fsp3) is 0.647. The summed E-state index contributed by atoms with van der Waals surface area (Å²) in [5.41, 5.74) is 0.659. The summed E-state index contributed by atoms with van der Waals surface area (Å²) in [6, 6.07) is 0. The number of hydrogen-bond acceptors (Lipinski definition) is 1. The molecule has 0 aliphatic heterocycles. The van der Waals surface area contributed by atoms with Gasteiger partial charge in [-0.25, -0.2) is 0 Å². The minimum absolute atomic E-state index is 0.0968. The summed E-state index contributed by atoms with van der Waals surface area (Å²) in [5, 5.41) is 11.1. The van der Waals surface area contributed by atoms with E-state index in [1.165, 1.54) is 5.57 Å². The van der Waals surface area contributed by atoms with Crippen LogP contribution in [0.25, 0.3) is 0 Å². The van der Waals surface area contributed by atoms with E-state index in [1.54, 1.807) is 0 Å². The highest BCUT2D eigenvalue weighted by Gasteiger charge is 2.48. The van der Waals surface area contributed by atoms with Gasteiger partial charge < -0.3 is 5.11 Å². The Bertz CT molecular complexity index is 339. The highest BCUT2D eigenvalue weighted by molar-refractivity contribution is 5.20. The van der Waals surface area contributed by atoms with Crippen molar-refractivity contribution < 1.29 is 5.11 Å². The van der Waals surface area contributed by atoms with Gasteiger partial charge in [0, 0.05) is 5.92 Å². The minimum Gasteiger partial charge on any atom is -0.389 e. The first-order valence-electron chi connectivity index (χ1n) is 6.90. The van der Waals surface area contributed by atoms with E-state index in [0.717, 1.165) is 6.42 Å². The van der Waals surface area contributed by atoms with Crippen molar-refractivity contribution in [2.45, 2.75) is 52.6 Å². The molecule has 2 unspecified atom stereocenters. The number of allylic oxidation sites excluding steroid dienone is 1. The van der Waals surface area contributed by atoms with Crippen molar-refractivity contribution in [3.05, 3.63) is 37.0 Å². The first kappa shape index (κ1) is 15.2. The van der Waals surface area contributed by atoms with Crippen LogP contribution < -0.4 is 0 Å². The lowest BCUT2D eigenvalue weighted by atomic mass is 9.56. The van der Waals surface area contributed by atoms with Gasteiger partial charge in [-0.1, -0.05) is 44.6 Å². The van der Waals surface area contributed by atoms with E-state index in [9.17, 15) is 5.11 Å². The normalized spacial score (nSPS) is 27.5. The summed E-state index contributed by atoms with van der Waals surface area (Å²) in [5.74, 6) is 0.747. The molecule has 0 saturated carbocycles. The Morgan fingerprint density at radius 2 is 1.89 bits per heavy atom. The van der Waals surface area contributed by atoms with Crippen LogP contribution in [-0.4, -0.2) is 10.7 Å². The van der Waals surface area contributed by atoms with Crippen LogP contribution in [0.15, 0.2) is 37.0 Å². The molecule has 0 fully saturated rings. The molecule has 1 aliphatic carbocycles. The van der Waals surface area contributed by atoms with Gasteiger partial charge in [-0.15, -0.1) is 13.2 Å². The first-order valence-corrected chi connectivity index (χ1v) is 6.90. The molecule has 1 N–H and O–H groups in total. The lowest BCUT2D eigenvalue weighted by Gasteiger charge is -2.50. The maximum atomic E-state index is 11.1. The summed E-state index contributed by atoms with van der Waals surface area (Å²) < 4.78 is 0. The Labute approximate surface area is 112 Å². The van der Waals surface area contributed by atoms with Gasteiger partial charge in [0.05, 0.1) is 5.60 Å². The van der Waals surface area contributed by atoms with Crippen LogP contribution in [0.5, 0.6) is 0 Å². The second-order valence-electron chi connectivity index (χ2n) is 6.43. The van der Waals surface area contributed by atoms with Gasteiger partial charge in [0.2, 0.25) is 0 Å². The van der Waals surface area contributed by atoms with Crippen LogP contribution >= 0.6 is 0 Å². The molecule has 102 valence electrons. The van der Waals surface area contributed by atoms with E-state index in [-0.39, 0.29) is 11.3 Å². The second-order valence-corrected chi connectivity index (χ2v) is 6.43. The highest BCUT2D eigenvalue weighted by atomic mass is 16.3. The van der Waals surface area contributed by atoms with Gasteiger partial charge in [-0.05, 0) is 37.5 Å². The Morgan fingerprint density at radius 3 is 2.33 bits per heavy atom. The highest BCUT2D eigenvalue weighted by Crippen LogP contribution is 2.51. The van der Waals surface area contributed by atoms with Crippen LogP contribution in [0.2, 0.25) is 0 Å². The minimum atomic E-state index is -0.748. The molecular weight excluding hydrogens is 220 g/mol.